The molecule has 6 rings (SSSR count). The molecule has 2 aliphatic heterocycles. The second-order valence-electron chi connectivity index (χ2n) is 13.2. The molecule has 4 aromatic rings. The fraction of sp³-hybridized carbons (Fsp3) is 0.364. The van der Waals surface area contributed by atoms with Gasteiger partial charge in [0, 0.05) is 32.7 Å². The first-order chi connectivity index (χ1) is 23.7. The molecule has 0 unspecified atom stereocenters. The van der Waals surface area contributed by atoms with Gasteiger partial charge in [-0.3, -0.25) is 0 Å². The lowest BCUT2D eigenvalue weighted by Gasteiger charge is -2.33. The number of hydrogen-bond acceptors (Lipinski definition) is 4. The fourth-order valence-electron chi connectivity index (χ4n) is 6.88. The van der Waals surface area contributed by atoms with Crippen molar-refractivity contribution in [2.75, 3.05) is 22.9 Å². The minimum Gasteiger partial charge on any atom is -0.340 e. The summed E-state index contributed by atoms with van der Waals surface area (Å²) in [6.45, 7) is 10.7. The van der Waals surface area contributed by atoms with Gasteiger partial charge in [0.2, 0.25) is 0 Å². The highest BCUT2D eigenvalue weighted by Gasteiger charge is 2.25. The van der Waals surface area contributed by atoms with E-state index in [4.69, 9.17) is 0 Å². The Labute approximate surface area is 298 Å². The van der Waals surface area contributed by atoms with E-state index in [0.29, 0.717) is 0 Å². The van der Waals surface area contributed by atoms with Crippen LogP contribution in [0.15, 0.2) is 105 Å². The lowest BCUT2D eigenvalue weighted by molar-refractivity contribution is 0.608. The quantitative estimate of drug-likeness (QED) is 0.0813. The zero-order chi connectivity index (χ0) is 33.1. The Hall–Kier alpha value is -3.34. The number of nitrogens with zero attached hydrogens (tertiary/aromatic N) is 2. The molecule has 0 fully saturated rings. The van der Waals surface area contributed by atoms with Crippen LogP contribution in [0.4, 0.5) is 22.7 Å². The fourth-order valence-corrected chi connectivity index (χ4v) is 9.22. The van der Waals surface area contributed by atoms with Gasteiger partial charge in [0.1, 0.15) is 0 Å². The smallest absolute Gasteiger partial charge is 0.0553 e. The van der Waals surface area contributed by atoms with Gasteiger partial charge < -0.3 is 9.80 Å². The maximum absolute atomic E-state index is 4.03. The van der Waals surface area contributed by atoms with Gasteiger partial charge in [-0.2, -0.15) is 0 Å². The van der Waals surface area contributed by atoms with Crippen molar-refractivity contribution >= 4 is 64.5 Å². The van der Waals surface area contributed by atoms with E-state index in [0.717, 1.165) is 13.1 Å². The van der Waals surface area contributed by atoms with Gasteiger partial charge in [-0.25, -0.2) is 0 Å². The van der Waals surface area contributed by atoms with Crippen LogP contribution in [0, 0.1) is 0 Å². The number of benzene rings is 4. The average molecular weight is 673 g/mol. The van der Waals surface area contributed by atoms with Crippen LogP contribution in [0.3, 0.4) is 0 Å². The minimum absolute atomic E-state index is 1.06. The van der Waals surface area contributed by atoms with Crippen molar-refractivity contribution in [2.45, 2.75) is 110 Å². The Balaban J connectivity index is 1.18. The molecule has 0 N–H and O–H groups in total. The van der Waals surface area contributed by atoms with Gasteiger partial charge >= 0.3 is 0 Å². The number of anilines is 4. The Morgan fingerprint density at radius 1 is 0.479 bits per heavy atom. The molecule has 2 aliphatic rings. The molecule has 0 radical (unpaired) electrons. The highest BCUT2D eigenvalue weighted by Crippen LogP contribution is 2.50. The first kappa shape index (κ1) is 34.5. The van der Waals surface area contributed by atoms with E-state index < -0.39 is 0 Å². The molecule has 250 valence electrons. The Morgan fingerprint density at radius 2 is 0.896 bits per heavy atom. The number of rotatable bonds is 17. The third-order valence-electron chi connectivity index (χ3n) is 9.59. The monoisotopic (exact) mass is 672 g/mol. The highest BCUT2D eigenvalue weighted by atomic mass is 32.2. The molecule has 0 aliphatic carbocycles. The van der Waals surface area contributed by atoms with Crippen LogP contribution < -0.4 is 9.80 Å². The molecule has 0 amide bonds. The number of fused-ring (bicyclic) bond motifs is 4. The SMILES string of the molecule is C=Cc1ccc2c(c1)Sc1cc(/C=C/c3ccc4c(c3)Sc3ccccc3N4CCCCCCCC)ccc1N2CCCCCCCC. The summed E-state index contributed by atoms with van der Waals surface area (Å²) >= 11 is 3.80. The van der Waals surface area contributed by atoms with Crippen LogP contribution in [0.1, 0.15) is 108 Å². The molecular weight excluding hydrogens is 621 g/mol. The molecule has 2 nitrogen and oxygen atoms in total. The Morgan fingerprint density at radius 3 is 1.42 bits per heavy atom. The van der Waals surface area contributed by atoms with Gasteiger partial charge in [-0.15, -0.1) is 0 Å². The van der Waals surface area contributed by atoms with Crippen LogP contribution >= 0.6 is 23.5 Å². The van der Waals surface area contributed by atoms with Crippen LogP contribution in [0.2, 0.25) is 0 Å². The summed E-state index contributed by atoms with van der Waals surface area (Å²) in [5.41, 5.74) is 9.02. The van der Waals surface area contributed by atoms with Gasteiger partial charge in [0.15, 0.2) is 0 Å². The van der Waals surface area contributed by atoms with Crippen molar-refractivity contribution in [3.05, 3.63) is 102 Å². The molecule has 2 heterocycles. The van der Waals surface area contributed by atoms with Crippen molar-refractivity contribution in [2.24, 2.45) is 0 Å². The zero-order valence-electron chi connectivity index (χ0n) is 29.1. The zero-order valence-corrected chi connectivity index (χ0v) is 30.7. The van der Waals surface area contributed by atoms with E-state index in [9.17, 15) is 0 Å². The lowest BCUT2D eigenvalue weighted by Crippen LogP contribution is -2.22. The van der Waals surface area contributed by atoms with Crippen molar-refractivity contribution < 1.29 is 0 Å². The van der Waals surface area contributed by atoms with Crippen LogP contribution in [0.5, 0.6) is 0 Å². The Kier molecular flexibility index (Phi) is 12.5. The number of unbranched alkanes of at least 4 members (excludes halogenated alkanes) is 10. The van der Waals surface area contributed by atoms with E-state index in [1.54, 1.807) is 0 Å². The molecule has 0 aromatic heterocycles. The van der Waals surface area contributed by atoms with Crippen molar-refractivity contribution in [3.63, 3.8) is 0 Å². The summed E-state index contributed by atoms with van der Waals surface area (Å²) in [7, 11) is 0. The average Bonchev–Trinajstić information content (AvgIpc) is 3.12. The largest absolute Gasteiger partial charge is 0.340 e. The van der Waals surface area contributed by atoms with Crippen molar-refractivity contribution in [1.29, 1.82) is 0 Å². The third kappa shape index (κ3) is 8.44. The summed E-state index contributed by atoms with van der Waals surface area (Å²) < 4.78 is 0. The lowest BCUT2D eigenvalue weighted by atomic mass is 10.1. The topological polar surface area (TPSA) is 6.48 Å². The van der Waals surface area contributed by atoms with Crippen LogP contribution in [-0.4, -0.2) is 13.1 Å². The van der Waals surface area contributed by atoms with E-state index in [2.05, 4.69) is 121 Å². The normalized spacial score (nSPS) is 13.3. The summed E-state index contributed by atoms with van der Waals surface area (Å²) in [6, 6.07) is 29.7. The number of para-hydroxylation sites is 1. The van der Waals surface area contributed by atoms with E-state index >= 15 is 0 Å². The first-order valence-corrected chi connectivity index (χ1v) is 20.0. The van der Waals surface area contributed by atoms with Gasteiger partial charge in [0.05, 0.1) is 22.7 Å². The molecule has 0 spiro atoms. The maximum atomic E-state index is 4.03. The predicted octanol–water partition coefficient (Wildman–Crippen LogP) is 14.4. The minimum atomic E-state index is 1.06. The molecule has 4 aromatic carbocycles. The van der Waals surface area contributed by atoms with Crippen LogP contribution in [0.25, 0.3) is 18.2 Å². The van der Waals surface area contributed by atoms with Crippen molar-refractivity contribution in [1.82, 2.24) is 0 Å². The second-order valence-corrected chi connectivity index (χ2v) is 15.4. The highest BCUT2D eigenvalue weighted by molar-refractivity contribution is 8.00. The van der Waals surface area contributed by atoms with Gasteiger partial charge in [0.25, 0.3) is 0 Å². The molecule has 0 bridgehead atoms. The van der Waals surface area contributed by atoms with Crippen molar-refractivity contribution in [3.8, 4) is 0 Å². The molecule has 4 heteroatoms. The molecular formula is C44H52N2S2. The standard InChI is InChI=1S/C44H52N2S2/c1-4-7-9-11-13-17-29-45-37-19-15-16-20-41(37)47-43-32-35(24-27-39(43)45)21-22-36-25-28-40-44(33-36)48-42-31-34(6-3)23-26-38(42)46(40)30-18-14-12-10-8-5-2/h6,15-16,19-28,31-33H,3-5,7-14,17-18,29-30H2,1-2H3/b22-21+. The van der Waals surface area contributed by atoms with Gasteiger partial charge in [-0.05, 0) is 78.1 Å². The molecule has 0 saturated carbocycles. The van der Waals surface area contributed by atoms with E-state index in [1.807, 2.05) is 29.6 Å². The summed E-state index contributed by atoms with van der Waals surface area (Å²) in [5, 5.41) is 0. The molecule has 48 heavy (non-hydrogen) atoms. The maximum Gasteiger partial charge on any atom is 0.0553 e. The predicted molar refractivity (Wildman–Crippen MR) is 214 cm³/mol. The van der Waals surface area contributed by atoms with Gasteiger partial charge in [-0.1, -0.05) is 157 Å². The summed E-state index contributed by atoms with van der Waals surface area (Å²) in [5.74, 6) is 0. The summed E-state index contributed by atoms with van der Waals surface area (Å²) in [4.78, 5) is 10.5. The molecule has 0 atom stereocenters. The second kappa shape index (κ2) is 17.4. The number of hydrogen-bond donors (Lipinski definition) is 0. The van der Waals surface area contributed by atoms with E-state index in [1.165, 1.54) is 136 Å². The van der Waals surface area contributed by atoms with E-state index in [-0.39, 0.29) is 0 Å². The summed E-state index contributed by atoms with van der Waals surface area (Å²) in [6.07, 6.45) is 22.3. The van der Waals surface area contributed by atoms with Crippen LogP contribution in [-0.2, 0) is 0 Å². The Bertz CT molecular complexity index is 1710. The third-order valence-corrected chi connectivity index (χ3v) is 11.8. The molecule has 0 saturated heterocycles. The first-order valence-electron chi connectivity index (χ1n) is 18.4.